The van der Waals surface area contributed by atoms with Gasteiger partial charge in [0.15, 0.2) is 5.58 Å². The first kappa shape index (κ1) is 17.4. The van der Waals surface area contributed by atoms with Crippen molar-refractivity contribution in [2.45, 2.75) is 19.3 Å². The normalized spacial score (nSPS) is 10.8. The third-order valence-electron chi connectivity index (χ3n) is 4.00. The molecular formula is C18H17N3O5. The zero-order valence-corrected chi connectivity index (χ0v) is 13.9. The van der Waals surface area contributed by atoms with Crippen molar-refractivity contribution in [1.29, 1.82) is 0 Å². The maximum Gasteiger partial charge on any atom is 0.428 e. The molecular weight excluding hydrogens is 338 g/mol. The minimum atomic E-state index is -0.713. The molecule has 1 amide bonds. The number of carbonyl (C=O) groups excluding carboxylic acids is 1. The van der Waals surface area contributed by atoms with E-state index in [2.05, 4.69) is 5.32 Å². The Labute approximate surface area is 148 Å². The molecule has 0 aliphatic rings. The zero-order chi connectivity index (χ0) is 18.5. The van der Waals surface area contributed by atoms with Crippen molar-refractivity contribution < 1.29 is 14.1 Å². The van der Waals surface area contributed by atoms with E-state index in [1.165, 1.54) is 12.1 Å². The van der Waals surface area contributed by atoms with E-state index in [0.29, 0.717) is 24.1 Å². The summed E-state index contributed by atoms with van der Waals surface area (Å²) < 4.78 is 6.01. The number of hydrogen-bond acceptors (Lipinski definition) is 5. The van der Waals surface area contributed by atoms with Gasteiger partial charge in [0.05, 0.1) is 10.4 Å². The van der Waals surface area contributed by atoms with Crippen molar-refractivity contribution in [2.75, 3.05) is 6.54 Å². The van der Waals surface area contributed by atoms with Gasteiger partial charge in [-0.25, -0.2) is 9.59 Å². The van der Waals surface area contributed by atoms with Crippen LogP contribution in [0.25, 0.3) is 11.1 Å². The Kier molecular flexibility index (Phi) is 5.12. The minimum Gasteiger partial charge on any atom is -0.407 e. The van der Waals surface area contributed by atoms with Crippen LogP contribution in [-0.4, -0.2) is 22.1 Å². The van der Waals surface area contributed by atoms with Gasteiger partial charge in [-0.15, -0.1) is 0 Å². The molecule has 3 aromatic rings. The molecule has 3 rings (SSSR count). The van der Waals surface area contributed by atoms with Crippen molar-refractivity contribution in [3.05, 3.63) is 74.8 Å². The highest BCUT2D eigenvalue weighted by Gasteiger charge is 2.14. The molecule has 0 aliphatic carbocycles. The number of benzene rings is 2. The van der Waals surface area contributed by atoms with Crippen LogP contribution in [0.5, 0.6) is 0 Å². The lowest BCUT2D eigenvalue weighted by Crippen LogP contribution is -2.34. The zero-order valence-electron chi connectivity index (χ0n) is 13.9. The van der Waals surface area contributed by atoms with Crippen molar-refractivity contribution in [2.24, 2.45) is 0 Å². The first-order valence-electron chi connectivity index (χ1n) is 8.18. The summed E-state index contributed by atoms with van der Waals surface area (Å²) in [5.74, 6) is -0.713. The molecule has 8 nitrogen and oxygen atoms in total. The second-order valence-corrected chi connectivity index (χ2v) is 5.78. The Morgan fingerprint density at radius 2 is 1.85 bits per heavy atom. The summed E-state index contributed by atoms with van der Waals surface area (Å²) in [7, 11) is 0. The van der Waals surface area contributed by atoms with Gasteiger partial charge in [0.25, 0.3) is 5.69 Å². The Morgan fingerprint density at radius 1 is 1.12 bits per heavy atom. The highest BCUT2D eigenvalue weighted by molar-refractivity contribution is 5.87. The lowest BCUT2D eigenvalue weighted by molar-refractivity contribution is -0.384. The van der Waals surface area contributed by atoms with Gasteiger partial charge < -0.3 is 9.73 Å². The highest BCUT2D eigenvalue weighted by Crippen LogP contribution is 2.14. The number of hydrogen-bond donors (Lipinski definition) is 1. The molecule has 2 aromatic carbocycles. The van der Waals surface area contributed by atoms with E-state index in [1.54, 1.807) is 36.4 Å². The van der Waals surface area contributed by atoms with Gasteiger partial charge in [-0.1, -0.05) is 24.3 Å². The SMILES string of the molecule is O=C(NCCCCc1ccc([N+](=O)[O-])cc1)n1c(=O)oc2ccccc21. The second-order valence-electron chi connectivity index (χ2n) is 5.78. The molecule has 0 saturated carbocycles. The van der Waals surface area contributed by atoms with E-state index in [1.807, 2.05) is 0 Å². The van der Waals surface area contributed by atoms with Crippen LogP contribution >= 0.6 is 0 Å². The van der Waals surface area contributed by atoms with Gasteiger partial charge in [-0.2, -0.15) is 4.57 Å². The minimum absolute atomic E-state index is 0.0683. The molecule has 8 heteroatoms. The van der Waals surface area contributed by atoms with E-state index < -0.39 is 16.7 Å². The first-order valence-corrected chi connectivity index (χ1v) is 8.18. The van der Waals surface area contributed by atoms with Crippen LogP contribution in [0.15, 0.2) is 57.7 Å². The average Bonchev–Trinajstić information content (AvgIpc) is 2.97. The lowest BCUT2D eigenvalue weighted by Gasteiger charge is -2.05. The highest BCUT2D eigenvalue weighted by atomic mass is 16.6. The van der Waals surface area contributed by atoms with Gasteiger partial charge in [-0.05, 0) is 37.0 Å². The molecule has 0 spiro atoms. The number of aryl methyl sites for hydroxylation is 1. The molecule has 0 saturated heterocycles. The standard InChI is InChI=1S/C18H17N3O5/c22-17(20-15-6-1-2-7-16(15)26-18(20)23)19-12-4-3-5-13-8-10-14(11-9-13)21(24)25/h1-2,6-11H,3-5,12H2,(H,19,22). The summed E-state index contributed by atoms with van der Waals surface area (Å²) in [4.78, 5) is 34.2. The van der Waals surface area contributed by atoms with Crippen molar-refractivity contribution >= 4 is 22.8 Å². The monoisotopic (exact) mass is 355 g/mol. The number of non-ortho nitro benzene ring substituents is 1. The molecule has 1 heterocycles. The van der Waals surface area contributed by atoms with Gasteiger partial charge in [-0.3, -0.25) is 10.1 Å². The Bertz CT molecular complexity index is 988. The topological polar surface area (TPSA) is 107 Å². The molecule has 0 bridgehead atoms. The molecule has 26 heavy (non-hydrogen) atoms. The van der Waals surface area contributed by atoms with E-state index in [-0.39, 0.29) is 5.69 Å². The van der Waals surface area contributed by atoms with Crippen LogP contribution in [0.2, 0.25) is 0 Å². The number of rotatable bonds is 6. The summed E-state index contributed by atoms with van der Waals surface area (Å²) in [6.45, 7) is 0.414. The predicted molar refractivity (Wildman–Crippen MR) is 95.3 cm³/mol. The van der Waals surface area contributed by atoms with Gasteiger partial charge in [0, 0.05) is 18.7 Å². The molecule has 0 aliphatic heterocycles. The third-order valence-corrected chi connectivity index (χ3v) is 4.00. The predicted octanol–water partition coefficient (Wildman–Crippen LogP) is 3.08. The van der Waals surface area contributed by atoms with Crippen LogP contribution in [0.3, 0.4) is 0 Å². The maximum absolute atomic E-state index is 12.2. The fraction of sp³-hybridized carbons (Fsp3) is 0.222. The molecule has 1 N–H and O–H groups in total. The molecule has 0 radical (unpaired) electrons. The number of aromatic nitrogens is 1. The van der Waals surface area contributed by atoms with Crippen LogP contribution in [0, 0.1) is 10.1 Å². The van der Waals surface area contributed by atoms with E-state index in [4.69, 9.17) is 4.42 Å². The molecule has 134 valence electrons. The first-order chi connectivity index (χ1) is 12.6. The van der Waals surface area contributed by atoms with E-state index in [9.17, 15) is 19.7 Å². The maximum atomic E-state index is 12.2. The smallest absolute Gasteiger partial charge is 0.407 e. The number of nitrogens with zero attached hydrogens (tertiary/aromatic N) is 2. The largest absolute Gasteiger partial charge is 0.428 e. The van der Waals surface area contributed by atoms with Crippen molar-refractivity contribution in [1.82, 2.24) is 9.88 Å². The van der Waals surface area contributed by atoms with Gasteiger partial charge in [0.2, 0.25) is 0 Å². The number of oxazole rings is 1. The fourth-order valence-electron chi connectivity index (χ4n) is 2.67. The van der Waals surface area contributed by atoms with Gasteiger partial charge >= 0.3 is 11.8 Å². The molecule has 0 unspecified atom stereocenters. The number of fused-ring (bicyclic) bond motifs is 1. The number of carbonyl (C=O) groups is 1. The molecule has 1 aromatic heterocycles. The number of amides is 1. The van der Waals surface area contributed by atoms with Crippen LogP contribution in [-0.2, 0) is 6.42 Å². The van der Waals surface area contributed by atoms with Crippen LogP contribution < -0.4 is 11.1 Å². The van der Waals surface area contributed by atoms with Gasteiger partial charge in [0.1, 0.15) is 0 Å². The summed E-state index contributed by atoms with van der Waals surface area (Å²) >= 11 is 0. The number of nitro benzene ring substituents is 1. The quantitative estimate of drug-likeness (QED) is 0.415. The fourth-order valence-corrected chi connectivity index (χ4v) is 2.67. The summed E-state index contributed by atoms with van der Waals surface area (Å²) in [5.41, 5.74) is 1.87. The Balaban J connectivity index is 1.49. The average molecular weight is 355 g/mol. The van der Waals surface area contributed by atoms with Crippen molar-refractivity contribution in [3.8, 4) is 0 Å². The van der Waals surface area contributed by atoms with E-state index in [0.717, 1.165) is 23.0 Å². The molecule has 0 atom stereocenters. The Hall–Kier alpha value is -3.42. The number of para-hydroxylation sites is 2. The Morgan fingerprint density at radius 3 is 2.58 bits per heavy atom. The number of nitrogens with one attached hydrogen (secondary N) is 1. The van der Waals surface area contributed by atoms with Crippen LogP contribution in [0.1, 0.15) is 18.4 Å². The summed E-state index contributed by atoms with van der Waals surface area (Å²) in [5, 5.41) is 13.3. The lowest BCUT2D eigenvalue weighted by atomic mass is 10.1. The summed E-state index contributed by atoms with van der Waals surface area (Å²) in [6.07, 6.45) is 2.27. The molecule has 0 fully saturated rings. The number of nitro groups is 1. The van der Waals surface area contributed by atoms with Crippen LogP contribution in [0.4, 0.5) is 10.5 Å². The van der Waals surface area contributed by atoms with Crippen molar-refractivity contribution in [3.63, 3.8) is 0 Å². The number of unbranched alkanes of at least 4 members (excludes halogenated alkanes) is 1. The second kappa shape index (κ2) is 7.64. The third kappa shape index (κ3) is 3.80. The van der Waals surface area contributed by atoms with E-state index >= 15 is 0 Å². The summed E-state index contributed by atoms with van der Waals surface area (Å²) in [6, 6.07) is 12.6.